The van der Waals surface area contributed by atoms with Gasteiger partial charge in [0.2, 0.25) is 5.91 Å². The standard InChI is InChI=1S/C21H28ClN3O2/c22-19-12-17(27-23-19)6-7-20(26)25-9-3-4-14-10-15-11-16(21(14)25)13-24-8-2-1-5-18(15)24/h10,12,15-16,18,21H,1-9,11,13H2/t15?,16?,18-,21-/m1/s1. The number of amides is 1. The van der Waals surface area contributed by atoms with Gasteiger partial charge in [-0.3, -0.25) is 9.69 Å². The lowest BCUT2D eigenvalue weighted by molar-refractivity contribution is -0.136. The number of likely N-dealkylation sites (tertiary alicyclic amines) is 1. The fraction of sp³-hybridized carbons (Fsp3) is 0.714. The normalized spacial score (nSPS) is 33.2. The van der Waals surface area contributed by atoms with Crippen molar-refractivity contribution in [1.29, 1.82) is 0 Å². The second-order valence-corrected chi connectivity index (χ2v) is 9.10. The van der Waals surface area contributed by atoms with Crippen molar-refractivity contribution in [2.45, 2.75) is 63.5 Å². The first-order chi connectivity index (χ1) is 13.2. The summed E-state index contributed by atoms with van der Waals surface area (Å²) >= 11 is 5.82. The Morgan fingerprint density at radius 1 is 1.30 bits per heavy atom. The maximum absolute atomic E-state index is 13.1. The number of fused-ring (bicyclic) bond motifs is 6. The van der Waals surface area contributed by atoms with Crippen LogP contribution in [0.5, 0.6) is 0 Å². The number of carbonyl (C=O) groups excluding carboxylic acids is 1. The van der Waals surface area contributed by atoms with Gasteiger partial charge in [-0.15, -0.1) is 0 Å². The number of rotatable bonds is 3. The molecule has 4 heterocycles. The molecule has 1 aliphatic carbocycles. The molecular weight excluding hydrogens is 362 g/mol. The number of piperidine rings is 3. The van der Waals surface area contributed by atoms with E-state index in [2.05, 4.69) is 21.0 Å². The van der Waals surface area contributed by atoms with Gasteiger partial charge in [-0.25, -0.2) is 0 Å². The van der Waals surface area contributed by atoms with Crippen LogP contribution < -0.4 is 0 Å². The van der Waals surface area contributed by atoms with Gasteiger partial charge >= 0.3 is 0 Å². The lowest BCUT2D eigenvalue weighted by Gasteiger charge is -2.54. The van der Waals surface area contributed by atoms with E-state index in [0.717, 1.165) is 19.0 Å². The Bertz CT molecular complexity index is 746. The highest BCUT2D eigenvalue weighted by Crippen LogP contribution is 2.45. The number of halogens is 1. The third-order valence-electron chi connectivity index (χ3n) is 7.09. The maximum Gasteiger partial charge on any atom is 0.223 e. The monoisotopic (exact) mass is 389 g/mol. The minimum absolute atomic E-state index is 0.248. The van der Waals surface area contributed by atoms with Gasteiger partial charge in [0.25, 0.3) is 0 Å². The molecule has 1 amide bonds. The van der Waals surface area contributed by atoms with Crippen molar-refractivity contribution in [3.05, 3.63) is 28.6 Å². The summed E-state index contributed by atoms with van der Waals surface area (Å²) in [5.74, 6) is 2.26. The van der Waals surface area contributed by atoms with Gasteiger partial charge in [0, 0.05) is 38.0 Å². The van der Waals surface area contributed by atoms with Crippen molar-refractivity contribution in [2.75, 3.05) is 19.6 Å². The number of carbonyl (C=O) groups is 1. The molecule has 4 atom stereocenters. The zero-order chi connectivity index (χ0) is 18.4. The smallest absolute Gasteiger partial charge is 0.223 e. The third kappa shape index (κ3) is 3.33. The first-order valence-corrected chi connectivity index (χ1v) is 10.9. The van der Waals surface area contributed by atoms with E-state index in [9.17, 15) is 4.79 Å². The lowest BCUT2D eigenvalue weighted by atomic mass is 9.68. The number of hydrogen-bond acceptors (Lipinski definition) is 4. The Hall–Kier alpha value is -1.33. The summed E-state index contributed by atoms with van der Waals surface area (Å²) in [4.78, 5) is 18.0. The summed E-state index contributed by atoms with van der Waals surface area (Å²) in [7, 11) is 0. The number of hydrogen-bond donors (Lipinski definition) is 0. The third-order valence-corrected chi connectivity index (χ3v) is 7.27. The second-order valence-electron chi connectivity index (χ2n) is 8.71. The second kappa shape index (κ2) is 7.25. The molecule has 0 spiro atoms. The molecule has 0 aromatic carbocycles. The summed E-state index contributed by atoms with van der Waals surface area (Å²) in [6.07, 6.45) is 11.2. The Morgan fingerprint density at radius 2 is 2.22 bits per heavy atom. The van der Waals surface area contributed by atoms with Crippen molar-refractivity contribution in [1.82, 2.24) is 15.0 Å². The molecule has 1 aromatic rings. The van der Waals surface area contributed by atoms with Gasteiger partial charge in [0.1, 0.15) is 5.76 Å². The maximum atomic E-state index is 13.1. The van der Waals surface area contributed by atoms with E-state index < -0.39 is 0 Å². The van der Waals surface area contributed by atoms with Gasteiger partial charge < -0.3 is 9.42 Å². The van der Waals surface area contributed by atoms with E-state index in [-0.39, 0.29) is 5.91 Å². The van der Waals surface area contributed by atoms with E-state index in [4.69, 9.17) is 16.1 Å². The first kappa shape index (κ1) is 17.7. The Morgan fingerprint density at radius 3 is 3.07 bits per heavy atom. The van der Waals surface area contributed by atoms with Crippen molar-refractivity contribution < 1.29 is 9.32 Å². The van der Waals surface area contributed by atoms with Gasteiger partial charge in [0.15, 0.2) is 5.15 Å². The van der Waals surface area contributed by atoms with Crippen LogP contribution >= 0.6 is 11.6 Å². The fourth-order valence-electron chi connectivity index (χ4n) is 6.03. The molecule has 5 nitrogen and oxygen atoms in total. The number of nitrogens with zero attached hydrogens (tertiary/aromatic N) is 3. The Balaban J connectivity index is 1.32. The Kier molecular flexibility index (Phi) is 4.76. The van der Waals surface area contributed by atoms with Crippen LogP contribution in [0.25, 0.3) is 0 Å². The molecule has 0 radical (unpaired) electrons. The largest absolute Gasteiger partial charge is 0.360 e. The molecule has 1 aromatic heterocycles. The highest BCUT2D eigenvalue weighted by atomic mass is 35.5. The minimum atomic E-state index is 0.248. The van der Waals surface area contributed by atoms with Crippen molar-refractivity contribution >= 4 is 17.5 Å². The van der Waals surface area contributed by atoms with E-state index >= 15 is 0 Å². The van der Waals surface area contributed by atoms with Crippen LogP contribution in [0.4, 0.5) is 0 Å². The average molecular weight is 390 g/mol. The van der Waals surface area contributed by atoms with Crippen LogP contribution in [0.3, 0.4) is 0 Å². The zero-order valence-corrected chi connectivity index (χ0v) is 16.5. The quantitative estimate of drug-likeness (QED) is 0.740. The predicted molar refractivity (Wildman–Crippen MR) is 103 cm³/mol. The summed E-state index contributed by atoms with van der Waals surface area (Å²) in [5.41, 5.74) is 1.55. The van der Waals surface area contributed by atoms with Crippen molar-refractivity contribution in [2.24, 2.45) is 11.8 Å². The molecule has 3 saturated heterocycles. The molecule has 3 fully saturated rings. The predicted octanol–water partition coefficient (Wildman–Crippen LogP) is 3.68. The molecule has 27 heavy (non-hydrogen) atoms. The molecule has 146 valence electrons. The van der Waals surface area contributed by atoms with E-state index in [0.29, 0.717) is 41.6 Å². The van der Waals surface area contributed by atoms with Gasteiger partial charge in [-0.05, 0) is 50.5 Å². The van der Waals surface area contributed by atoms with Crippen LogP contribution in [-0.4, -0.2) is 52.6 Å². The fourth-order valence-corrected chi connectivity index (χ4v) is 6.19. The van der Waals surface area contributed by atoms with Crippen LogP contribution in [0, 0.1) is 11.8 Å². The molecule has 3 aliphatic heterocycles. The minimum Gasteiger partial charge on any atom is -0.360 e. The Labute approximate surface area is 165 Å². The lowest BCUT2D eigenvalue weighted by Crippen LogP contribution is -2.60. The highest BCUT2D eigenvalue weighted by molar-refractivity contribution is 6.29. The van der Waals surface area contributed by atoms with Gasteiger partial charge in [0.05, 0.1) is 6.04 Å². The van der Waals surface area contributed by atoms with Crippen LogP contribution in [-0.2, 0) is 11.2 Å². The first-order valence-electron chi connectivity index (χ1n) is 10.5. The van der Waals surface area contributed by atoms with E-state index in [1.54, 1.807) is 11.6 Å². The molecule has 0 saturated carbocycles. The summed E-state index contributed by atoms with van der Waals surface area (Å²) in [5, 5.41) is 4.06. The molecule has 5 rings (SSSR count). The molecule has 0 N–H and O–H groups in total. The average Bonchev–Trinajstić information content (AvgIpc) is 3.11. The van der Waals surface area contributed by atoms with Gasteiger partial charge in [-0.2, -0.15) is 0 Å². The highest BCUT2D eigenvalue weighted by Gasteiger charge is 2.46. The van der Waals surface area contributed by atoms with Crippen LogP contribution in [0.15, 0.2) is 22.2 Å². The van der Waals surface area contributed by atoms with E-state index in [1.807, 2.05) is 0 Å². The number of aryl methyl sites for hydroxylation is 1. The number of aromatic nitrogens is 1. The molecule has 2 unspecified atom stereocenters. The molecule has 4 aliphatic rings. The molecule has 2 bridgehead atoms. The zero-order valence-electron chi connectivity index (χ0n) is 15.8. The topological polar surface area (TPSA) is 49.6 Å². The van der Waals surface area contributed by atoms with Crippen LogP contribution in [0.2, 0.25) is 5.15 Å². The molecule has 6 heteroatoms. The van der Waals surface area contributed by atoms with E-state index in [1.165, 1.54) is 45.2 Å². The summed E-state index contributed by atoms with van der Waals surface area (Å²) < 4.78 is 5.16. The van der Waals surface area contributed by atoms with Crippen molar-refractivity contribution in [3.63, 3.8) is 0 Å². The molecular formula is C21H28ClN3O2. The van der Waals surface area contributed by atoms with Gasteiger partial charge in [-0.1, -0.05) is 34.8 Å². The summed E-state index contributed by atoms with van der Waals surface area (Å²) in [6, 6.07) is 2.79. The van der Waals surface area contributed by atoms with Crippen LogP contribution in [0.1, 0.15) is 50.7 Å². The SMILES string of the molecule is O=C(CCc1cc(Cl)no1)N1CCCC2=CC3CC(CN4CCCC[C@H]34)[C@@H]21. The summed E-state index contributed by atoms with van der Waals surface area (Å²) in [6.45, 7) is 3.31. The van der Waals surface area contributed by atoms with Crippen molar-refractivity contribution in [3.8, 4) is 0 Å².